The van der Waals surface area contributed by atoms with E-state index >= 15 is 0 Å². The van der Waals surface area contributed by atoms with Crippen molar-refractivity contribution in [2.24, 2.45) is 0 Å². The number of aromatic amines is 1. The summed E-state index contributed by atoms with van der Waals surface area (Å²) >= 11 is 15.6. The third kappa shape index (κ3) is 2.05. The number of halogens is 2. The van der Waals surface area contributed by atoms with Gasteiger partial charge in [-0.05, 0) is 11.6 Å². The van der Waals surface area contributed by atoms with Gasteiger partial charge in [0.05, 0.1) is 16.7 Å². The molecule has 0 aromatic carbocycles. The van der Waals surface area contributed by atoms with Gasteiger partial charge in [0.15, 0.2) is 0 Å². The SMILES string of the molecule is SCC#Cc1c[nH]c2nc(Cl)nc(Cl)c12. The first-order valence-electron chi connectivity index (χ1n) is 4.02. The van der Waals surface area contributed by atoms with Gasteiger partial charge in [0, 0.05) is 6.20 Å². The molecule has 3 nitrogen and oxygen atoms in total. The van der Waals surface area contributed by atoms with Gasteiger partial charge in [-0.1, -0.05) is 23.4 Å². The molecule has 1 N–H and O–H groups in total. The Morgan fingerprint density at radius 1 is 1.40 bits per heavy atom. The summed E-state index contributed by atoms with van der Waals surface area (Å²) in [4.78, 5) is 10.8. The molecule has 2 aromatic rings. The van der Waals surface area contributed by atoms with Crippen LogP contribution in [0.3, 0.4) is 0 Å². The van der Waals surface area contributed by atoms with E-state index in [4.69, 9.17) is 23.2 Å². The normalized spacial score (nSPS) is 10.1. The minimum absolute atomic E-state index is 0.114. The average Bonchev–Trinajstić information content (AvgIpc) is 2.58. The number of nitrogens with one attached hydrogen (secondary N) is 1. The fourth-order valence-corrected chi connectivity index (χ4v) is 1.76. The highest BCUT2D eigenvalue weighted by molar-refractivity contribution is 7.80. The van der Waals surface area contributed by atoms with Crippen molar-refractivity contribution in [1.29, 1.82) is 0 Å². The van der Waals surface area contributed by atoms with Gasteiger partial charge in [-0.25, -0.2) is 4.98 Å². The van der Waals surface area contributed by atoms with E-state index in [9.17, 15) is 0 Å². The van der Waals surface area contributed by atoms with Gasteiger partial charge in [0.2, 0.25) is 5.28 Å². The van der Waals surface area contributed by atoms with E-state index in [1.54, 1.807) is 6.20 Å². The van der Waals surface area contributed by atoms with Crippen LogP contribution < -0.4 is 0 Å². The number of fused-ring (bicyclic) bond motifs is 1. The standard InChI is InChI=1S/C9H5Cl2N3S/c10-7-6-5(2-1-3-15)4-12-8(6)14-9(11)13-7/h4,15H,3H2,(H,12,13,14). The van der Waals surface area contributed by atoms with E-state index in [1.807, 2.05) is 0 Å². The summed E-state index contributed by atoms with van der Waals surface area (Å²) in [7, 11) is 0. The van der Waals surface area contributed by atoms with E-state index in [2.05, 4.69) is 39.4 Å². The number of hydrogen-bond acceptors (Lipinski definition) is 3. The zero-order chi connectivity index (χ0) is 10.8. The molecule has 0 amide bonds. The van der Waals surface area contributed by atoms with E-state index in [1.165, 1.54) is 0 Å². The highest BCUT2D eigenvalue weighted by Gasteiger charge is 2.09. The van der Waals surface area contributed by atoms with Gasteiger partial charge in [-0.3, -0.25) is 0 Å². The molecular formula is C9H5Cl2N3S. The number of aromatic nitrogens is 3. The number of thiol groups is 1. The maximum Gasteiger partial charge on any atom is 0.225 e. The fraction of sp³-hybridized carbons (Fsp3) is 0.111. The van der Waals surface area contributed by atoms with Crippen molar-refractivity contribution in [3.05, 3.63) is 22.2 Å². The summed E-state index contributed by atoms with van der Waals surface area (Å²) in [6.07, 6.45) is 1.72. The molecule has 76 valence electrons. The Labute approximate surface area is 102 Å². The molecule has 0 radical (unpaired) electrons. The molecule has 0 spiro atoms. The Morgan fingerprint density at radius 3 is 2.93 bits per heavy atom. The monoisotopic (exact) mass is 257 g/mol. The molecule has 15 heavy (non-hydrogen) atoms. The van der Waals surface area contributed by atoms with Gasteiger partial charge in [-0.2, -0.15) is 17.6 Å². The van der Waals surface area contributed by atoms with Crippen LogP contribution in [0.5, 0.6) is 0 Å². The lowest BCUT2D eigenvalue weighted by Gasteiger charge is -1.94. The van der Waals surface area contributed by atoms with Gasteiger partial charge in [0.25, 0.3) is 0 Å². The van der Waals surface area contributed by atoms with Crippen molar-refractivity contribution >= 4 is 46.9 Å². The number of H-pyrrole nitrogens is 1. The van der Waals surface area contributed by atoms with E-state index in [0.717, 1.165) is 5.56 Å². The van der Waals surface area contributed by atoms with Crippen molar-refractivity contribution in [2.45, 2.75) is 0 Å². The van der Waals surface area contributed by atoms with Gasteiger partial charge in [-0.15, -0.1) is 0 Å². The number of rotatable bonds is 0. The highest BCUT2D eigenvalue weighted by Crippen LogP contribution is 2.24. The van der Waals surface area contributed by atoms with Crippen LogP contribution in [-0.2, 0) is 0 Å². The number of nitrogens with zero attached hydrogens (tertiary/aromatic N) is 2. The molecule has 0 aliphatic rings. The fourth-order valence-electron chi connectivity index (χ4n) is 1.20. The van der Waals surface area contributed by atoms with Crippen LogP contribution in [0.15, 0.2) is 6.20 Å². The summed E-state index contributed by atoms with van der Waals surface area (Å²) in [6.45, 7) is 0. The van der Waals surface area contributed by atoms with Crippen LogP contribution in [-0.4, -0.2) is 20.7 Å². The average molecular weight is 258 g/mol. The minimum atomic E-state index is 0.114. The Bertz CT molecular complexity index is 568. The Hall–Kier alpha value is -0.890. The van der Waals surface area contributed by atoms with E-state index in [-0.39, 0.29) is 5.28 Å². The van der Waals surface area contributed by atoms with Crippen LogP contribution >= 0.6 is 35.8 Å². The van der Waals surface area contributed by atoms with Crippen LogP contribution in [0.2, 0.25) is 10.4 Å². The molecule has 0 bridgehead atoms. The van der Waals surface area contributed by atoms with Crippen LogP contribution in [0, 0.1) is 11.8 Å². The molecule has 2 aromatic heterocycles. The highest BCUT2D eigenvalue weighted by atomic mass is 35.5. The van der Waals surface area contributed by atoms with Gasteiger partial charge < -0.3 is 4.98 Å². The third-order valence-corrected chi connectivity index (χ3v) is 2.36. The second-order valence-electron chi connectivity index (χ2n) is 2.67. The van der Waals surface area contributed by atoms with Crippen molar-refractivity contribution in [2.75, 3.05) is 5.75 Å². The molecule has 0 unspecified atom stereocenters. The van der Waals surface area contributed by atoms with E-state index < -0.39 is 0 Å². The van der Waals surface area contributed by atoms with Crippen LogP contribution in [0.25, 0.3) is 11.0 Å². The third-order valence-electron chi connectivity index (χ3n) is 1.76. The molecule has 0 saturated carbocycles. The van der Waals surface area contributed by atoms with Crippen LogP contribution in [0.1, 0.15) is 5.56 Å². The first kappa shape index (κ1) is 10.6. The van der Waals surface area contributed by atoms with E-state index in [0.29, 0.717) is 21.9 Å². The molecule has 0 fully saturated rings. The summed E-state index contributed by atoms with van der Waals surface area (Å²) < 4.78 is 0. The molecule has 0 atom stereocenters. The lowest BCUT2D eigenvalue weighted by Crippen LogP contribution is -1.85. The summed E-state index contributed by atoms with van der Waals surface area (Å²) in [5.41, 5.74) is 1.34. The predicted octanol–water partition coefficient (Wildman–Crippen LogP) is 2.55. The Morgan fingerprint density at radius 2 is 2.20 bits per heavy atom. The summed E-state index contributed by atoms with van der Waals surface area (Å²) in [5.74, 6) is 6.23. The molecule has 2 rings (SSSR count). The first-order valence-corrected chi connectivity index (χ1v) is 5.41. The summed E-state index contributed by atoms with van der Waals surface area (Å²) in [6, 6.07) is 0. The minimum Gasteiger partial charge on any atom is -0.345 e. The summed E-state index contributed by atoms with van der Waals surface area (Å²) in [5, 5.41) is 1.10. The lowest BCUT2D eigenvalue weighted by molar-refractivity contribution is 1.20. The zero-order valence-corrected chi connectivity index (χ0v) is 9.79. The first-order chi connectivity index (χ1) is 7.22. The van der Waals surface area contributed by atoms with Crippen molar-refractivity contribution in [1.82, 2.24) is 15.0 Å². The maximum absolute atomic E-state index is 5.95. The lowest BCUT2D eigenvalue weighted by atomic mass is 10.2. The Kier molecular flexibility index (Phi) is 3.06. The topological polar surface area (TPSA) is 41.6 Å². The molecule has 0 aliphatic carbocycles. The molecule has 0 saturated heterocycles. The van der Waals surface area contributed by atoms with Gasteiger partial charge >= 0.3 is 0 Å². The largest absolute Gasteiger partial charge is 0.345 e. The molecule has 6 heteroatoms. The molecule has 2 heterocycles. The van der Waals surface area contributed by atoms with Gasteiger partial charge in [0.1, 0.15) is 10.8 Å². The quantitative estimate of drug-likeness (QED) is 0.330. The number of hydrogen-bond donors (Lipinski definition) is 2. The van der Waals surface area contributed by atoms with Crippen molar-refractivity contribution in [3.63, 3.8) is 0 Å². The zero-order valence-electron chi connectivity index (χ0n) is 7.38. The van der Waals surface area contributed by atoms with Crippen LogP contribution in [0.4, 0.5) is 0 Å². The van der Waals surface area contributed by atoms with Crippen molar-refractivity contribution < 1.29 is 0 Å². The second-order valence-corrected chi connectivity index (χ2v) is 3.68. The van der Waals surface area contributed by atoms with Crippen molar-refractivity contribution in [3.8, 4) is 11.8 Å². The Balaban J connectivity index is 2.69. The maximum atomic E-state index is 5.95. The second kappa shape index (κ2) is 4.31. The smallest absolute Gasteiger partial charge is 0.225 e. The molecule has 0 aliphatic heterocycles. The predicted molar refractivity (Wildman–Crippen MR) is 64.6 cm³/mol. The molecular weight excluding hydrogens is 253 g/mol.